The van der Waals surface area contributed by atoms with E-state index in [-0.39, 0.29) is 0 Å². The van der Waals surface area contributed by atoms with Gasteiger partial charge in [-0.05, 0) is 23.6 Å². The number of benzene rings is 1. The number of methoxy groups -OCH3 is 1. The summed E-state index contributed by atoms with van der Waals surface area (Å²) in [7, 11) is 1.63. The van der Waals surface area contributed by atoms with Gasteiger partial charge in [-0.3, -0.25) is 4.98 Å². The van der Waals surface area contributed by atoms with E-state index in [0.717, 1.165) is 22.1 Å². The van der Waals surface area contributed by atoms with Crippen molar-refractivity contribution >= 4 is 28.0 Å². The maximum Gasteiger partial charge on any atom is 0.128 e. The molecular weight excluding hydrogens is 208 g/mol. The Morgan fingerprint density at radius 2 is 2.13 bits per heavy atom. The quantitative estimate of drug-likeness (QED) is 0.782. The molecule has 0 fully saturated rings. The summed E-state index contributed by atoms with van der Waals surface area (Å²) in [6.07, 6.45) is 3.46. The van der Waals surface area contributed by atoms with Crippen molar-refractivity contribution in [3.8, 4) is 5.75 Å². The number of pyridine rings is 1. The molecule has 0 bridgehead atoms. The first kappa shape index (κ1) is 9.86. The minimum absolute atomic E-state index is 0.383. The van der Waals surface area contributed by atoms with Gasteiger partial charge < -0.3 is 10.5 Å². The van der Waals surface area contributed by atoms with Crippen LogP contribution in [0.4, 0.5) is 0 Å². The molecule has 15 heavy (non-hydrogen) atoms. The number of fused-ring (bicyclic) bond motifs is 1. The Morgan fingerprint density at radius 3 is 2.80 bits per heavy atom. The Morgan fingerprint density at radius 1 is 1.33 bits per heavy atom. The standard InChI is InChI=1S/C11H10N2OS/c1-14-10-3-2-8(11(12)15)7-4-5-13-6-9(7)10/h2-6H,1H3,(H2,12,15). The van der Waals surface area contributed by atoms with Gasteiger partial charge in [-0.1, -0.05) is 12.2 Å². The van der Waals surface area contributed by atoms with Crippen LogP contribution in [-0.4, -0.2) is 17.1 Å². The van der Waals surface area contributed by atoms with E-state index in [0.29, 0.717) is 4.99 Å². The second-order valence-electron chi connectivity index (χ2n) is 3.10. The Balaban J connectivity index is 2.83. The van der Waals surface area contributed by atoms with Crippen LogP contribution in [0.25, 0.3) is 10.8 Å². The molecule has 0 aliphatic carbocycles. The lowest BCUT2D eigenvalue weighted by Crippen LogP contribution is -2.10. The fourth-order valence-electron chi connectivity index (χ4n) is 1.56. The largest absolute Gasteiger partial charge is 0.496 e. The summed E-state index contributed by atoms with van der Waals surface area (Å²) in [6.45, 7) is 0. The molecular formula is C11H10N2OS. The summed E-state index contributed by atoms with van der Waals surface area (Å²) in [5.41, 5.74) is 6.49. The molecule has 0 atom stereocenters. The molecule has 2 N–H and O–H groups in total. The number of nitrogens with zero attached hydrogens (tertiary/aromatic N) is 1. The van der Waals surface area contributed by atoms with Crippen molar-refractivity contribution in [2.45, 2.75) is 0 Å². The Labute approximate surface area is 92.9 Å². The minimum Gasteiger partial charge on any atom is -0.496 e. The Bertz CT molecular complexity index is 525. The zero-order valence-corrected chi connectivity index (χ0v) is 9.04. The number of thiocarbonyl (C=S) groups is 1. The smallest absolute Gasteiger partial charge is 0.128 e. The van der Waals surface area contributed by atoms with Gasteiger partial charge in [0.15, 0.2) is 0 Å². The first-order valence-electron chi connectivity index (χ1n) is 4.44. The average molecular weight is 218 g/mol. The van der Waals surface area contributed by atoms with Gasteiger partial charge in [0, 0.05) is 23.3 Å². The van der Waals surface area contributed by atoms with Crippen LogP contribution in [0.1, 0.15) is 5.56 Å². The summed E-state index contributed by atoms with van der Waals surface area (Å²) >= 11 is 4.99. The van der Waals surface area contributed by atoms with Crippen molar-refractivity contribution in [1.29, 1.82) is 0 Å². The molecule has 0 amide bonds. The molecule has 2 rings (SSSR count). The van der Waals surface area contributed by atoms with E-state index in [1.807, 2.05) is 18.2 Å². The monoisotopic (exact) mass is 218 g/mol. The SMILES string of the molecule is COc1ccc(C(N)=S)c2ccncc12. The van der Waals surface area contributed by atoms with Gasteiger partial charge in [0.05, 0.1) is 7.11 Å². The minimum atomic E-state index is 0.383. The highest BCUT2D eigenvalue weighted by atomic mass is 32.1. The molecule has 0 saturated heterocycles. The Hall–Kier alpha value is -1.68. The van der Waals surface area contributed by atoms with Gasteiger partial charge in [-0.2, -0.15) is 0 Å². The molecule has 1 aromatic carbocycles. The fourth-order valence-corrected chi connectivity index (χ4v) is 1.74. The summed E-state index contributed by atoms with van der Waals surface area (Å²) in [5, 5.41) is 1.89. The van der Waals surface area contributed by atoms with Gasteiger partial charge in [-0.25, -0.2) is 0 Å². The molecule has 3 nitrogen and oxygen atoms in total. The normalized spacial score (nSPS) is 10.2. The summed E-state index contributed by atoms with van der Waals surface area (Å²) in [4.78, 5) is 4.44. The van der Waals surface area contributed by atoms with Gasteiger partial charge in [0.25, 0.3) is 0 Å². The highest BCUT2D eigenvalue weighted by molar-refractivity contribution is 7.80. The van der Waals surface area contributed by atoms with Crippen molar-refractivity contribution in [1.82, 2.24) is 4.98 Å². The van der Waals surface area contributed by atoms with Crippen molar-refractivity contribution in [3.63, 3.8) is 0 Å². The summed E-state index contributed by atoms with van der Waals surface area (Å²) in [5.74, 6) is 0.776. The first-order valence-corrected chi connectivity index (χ1v) is 4.85. The van der Waals surface area contributed by atoms with Crippen LogP contribution >= 0.6 is 12.2 Å². The number of ether oxygens (including phenoxy) is 1. The third-order valence-electron chi connectivity index (χ3n) is 2.26. The van der Waals surface area contributed by atoms with Crippen LogP contribution < -0.4 is 10.5 Å². The van der Waals surface area contributed by atoms with E-state index in [4.69, 9.17) is 22.7 Å². The topological polar surface area (TPSA) is 48.1 Å². The second kappa shape index (κ2) is 3.82. The molecule has 0 saturated carbocycles. The molecule has 1 aromatic heterocycles. The van der Waals surface area contributed by atoms with Crippen molar-refractivity contribution in [2.24, 2.45) is 5.73 Å². The van der Waals surface area contributed by atoms with Crippen molar-refractivity contribution in [3.05, 3.63) is 36.2 Å². The molecule has 4 heteroatoms. The predicted molar refractivity (Wildman–Crippen MR) is 64.2 cm³/mol. The predicted octanol–water partition coefficient (Wildman–Crippen LogP) is 1.88. The van der Waals surface area contributed by atoms with Crippen molar-refractivity contribution in [2.75, 3.05) is 7.11 Å². The third-order valence-corrected chi connectivity index (χ3v) is 2.48. The van der Waals surface area contributed by atoms with Crippen LogP contribution in [0.2, 0.25) is 0 Å². The van der Waals surface area contributed by atoms with Crippen LogP contribution in [0.15, 0.2) is 30.6 Å². The zero-order valence-electron chi connectivity index (χ0n) is 8.23. The van der Waals surface area contributed by atoms with Gasteiger partial charge in [0.2, 0.25) is 0 Å². The van der Waals surface area contributed by atoms with Crippen LogP contribution in [0.5, 0.6) is 5.75 Å². The summed E-state index contributed by atoms with van der Waals surface area (Å²) in [6, 6.07) is 5.59. The molecule has 0 unspecified atom stereocenters. The van der Waals surface area contributed by atoms with Crippen LogP contribution in [0.3, 0.4) is 0 Å². The number of hydrogen-bond acceptors (Lipinski definition) is 3. The van der Waals surface area contributed by atoms with E-state index in [9.17, 15) is 0 Å². The number of hydrogen-bond donors (Lipinski definition) is 1. The lowest BCUT2D eigenvalue weighted by molar-refractivity contribution is 0.419. The second-order valence-corrected chi connectivity index (χ2v) is 3.54. The molecule has 0 aliphatic heterocycles. The van der Waals surface area contributed by atoms with Crippen molar-refractivity contribution < 1.29 is 4.74 Å². The van der Waals surface area contributed by atoms with Gasteiger partial charge in [0.1, 0.15) is 10.7 Å². The molecule has 2 aromatic rings. The molecule has 0 spiro atoms. The molecule has 0 radical (unpaired) electrons. The lowest BCUT2D eigenvalue weighted by atomic mass is 10.1. The van der Waals surface area contributed by atoms with E-state index in [1.165, 1.54) is 0 Å². The number of aromatic nitrogens is 1. The first-order chi connectivity index (χ1) is 7.24. The van der Waals surface area contributed by atoms with E-state index >= 15 is 0 Å². The summed E-state index contributed by atoms with van der Waals surface area (Å²) < 4.78 is 5.24. The number of rotatable bonds is 2. The maximum atomic E-state index is 5.64. The Kier molecular flexibility index (Phi) is 2.51. The van der Waals surface area contributed by atoms with E-state index in [1.54, 1.807) is 19.5 Å². The van der Waals surface area contributed by atoms with E-state index in [2.05, 4.69) is 4.98 Å². The average Bonchev–Trinajstić information content (AvgIpc) is 2.27. The van der Waals surface area contributed by atoms with Gasteiger partial charge in [-0.15, -0.1) is 0 Å². The molecule has 76 valence electrons. The van der Waals surface area contributed by atoms with E-state index < -0.39 is 0 Å². The maximum absolute atomic E-state index is 5.64. The zero-order chi connectivity index (χ0) is 10.8. The third kappa shape index (κ3) is 1.64. The van der Waals surface area contributed by atoms with Crippen LogP contribution in [-0.2, 0) is 0 Å². The molecule has 1 heterocycles. The number of nitrogens with two attached hydrogens (primary N) is 1. The highest BCUT2D eigenvalue weighted by Gasteiger charge is 2.07. The lowest BCUT2D eigenvalue weighted by Gasteiger charge is -2.08. The fraction of sp³-hybridized carbons (Fsp3) is 0.0909. The molecule has 0 aliphatic rings. The van der Waals surface area contributed by atoms with Crippen LogP contribution in [0, 0.1) is 0 Å². The van der Waals surface area contributed by atoms with Gasteiger partial charge >= 0.3 is 0 Å². The highest BCUT2D eigenvalue weighted by Crippen LogP contribution is 2.27.